The van der Waals surface area contributed by atoms with E-state index >= 15 is 0 Å². The fraction of sp³-hybridized carbons (Fsp3) is 0.229. The SMILES string of the molecule is CCN(CC)c1nc2ccc(C(O)(c3ccc(C)nc3)c3cncn3C)cc2c(C#N)c1Cc1ccc(-n2cccn2)cc1. The monoisotopic (exact) mass is 582 g/mol. The van der Waals surface area contributed by atoms with E-state index in [9.17, 15) is 10.4 Å². The Bertz CT molecular complexity index is 1950. The summed E-state index contributed by atoms with van der Waals surface area (Å²) < 4.78 is 3.62. The van der Waals surface area contributed by atoms with E-state index in [0.29, 0.717) is 39.7 Å². The van der Waals surface area contributed by atoms with Crippen molar-refractivity contribution in [2.45, 2.75) is 32.8 Å². The van der Waals surface area contributed by atoms with E-state index in [1.54, 1.807) is 29.5 Å². The van der Waals surface area contributed by atoms with Crippen LogP contribution in [0.4, 0.5) is 5.82 Å². The van der Waals surface area contributed by atoms with Gasteiger partial charge in [0.25, 0.3) is 0 Å². The molecule has 0 saturated heterocycles. The Morgan fingerprint density at radius 3 is 2.39 bits per heavy atom. The van der Waals surface area contributed by atoms with Gasteiger partial charge in [0.15, 0.2) is 5.60 Å². The number of imidazole rings is 1. The van der Waals surface area contributed by atoms with Gasteiger partial charge in [-0.3, -0.25) is 4.98 Å². The number of aryl methyl sites for hydroxylation is 2. The molecule has 0 bridgehead atoms. The molecule has 2 aromatic carbocycles. The molecule has 0 aliphatic carbocycles. The molecule has 44 heavy (non-hydrogen) atoms. The summed E-state index contributed by atoms with van der Waals surface area (Å²) in [4.78, 5) is 16.1. The van der Waals surface area contributed by atoms with E-state index in [1.807, 2.05) is 73.4 Å². The molecule has 1 N–H and O–H groups in total. The molecule has 4 aromatic heterocycles. The highest BCUT2D eigenvalue weighted by molar-refractivity contribution is 5.90. The Labute approximate surface area is 256 Å². The van der Waals surface area contributed by atoms with Gasteiger partial charge in [-0.2, -0.15) is 10.4 Å². The summed E-state index contributed by atoms with van der Waals surface area (Å²) in [7, 11) is 1.85. The maximum Gasteiger partial charge on any atom is 0.158 e. The number of pyridine rings is 2. The lowest BCUT2D eigenvalue weighted by molar-refractivity contribution is 0.117. The van der Waals surface area contributed by atoms with Gasteiger partial charge in [-0.25, -0.2) is 14.6 Å². The number of hydrogen-bond donors (Lipinski definition) is 1. The number of aromatic nitrogens is 6. The number of nitrogens with zero attached hydrogens (tertiary/aromatic N) is 8. The van der Waals surface area contributed by atoms with Crippen molar-refractivity contribution in [2.24, 2.45) is 7.05 Å². The van der Waals surface area contributed by atoms with Crippen LogP contribution in [0.2, 0.25) is 0 Å². The summed E-state index contributed by atoms with van der Waals surface area (Å²) in [6.45, 7) is 7.61. The Morgan fingerprint density at radius 1 is 1.00 bits per heavy atom. The van der Waals surface area contributed by atoms with Crippen LogP contribution in [0.1, 0.15) is 53.1 Å². The first-order valence-corrected chi connectivity index (χ1v) is 14.7. The predicted molar refractivity (Wildman–Crippen MR) is 171 cm³/mol. The van der Waals surface area contributed by atoms with Crippen LogP contribution in [-0.2, 0) is 19.1 Å². The molecule has 4 heterocycles. The first-order chi connectivity index (χ1) is 21.4. The minimum absolute atomic E-state index is 0.523. The van der Waals surface area contributed by atoms with Crippen molar-refractivity contribution < 1.29 is 5.11 Å². The lowest BCUT2D eigenvalue weighted by Crippen LogP contribution is -2.31. The van der Waals surface area contributed by atoms with Crippen molar-refractivity contribution in [2.75, 3.05) is 18.0 Å². The summed E-state index contributed by atoms with van der Waals surface area (Å²) >= 11 is 0. The molecule has 0 fully saturated rings. The predicted octanol–water partition coefficient (Wildman–Crippen LogP) is 5.45. The van der Waals surface area contributed by atoms with E-state index in [2.05, 4.69) is 52.0 Å². The van der Waals surface area contributed by atoms with Crippen molar-refractivity contribution in [3.05, 3.63) is 131 Å². The Balaban J connectivity index is 1.54. The van der Waals surface area contributed by atoms with Crippen LogP contribution < -0.4 is 4.90 Å². The lowest BCUT2D eigenvalue weighted by Gasteiger charge is -2.30. The molecular weight excluding hydrogens is 548 g/mol. The molecule has 9 heteroatoms. The van der Waals surface area contributed by atoms with Crippen molar-refractivity contribution in [1.82, 2.24) is 29.3 Å². The zero-order valence-electron chi connectivity index (χ0n) is 25.3. The molecule has 0 aliphatic rings. The standard InChI is InChI=1S/C35H34N8O/c1-5-42(6-2)34-30(18-25-9-13-28(14-10-25)43-17-7-16-39-43)31(20-36)29-19-26(12-15-32(29)40-34)35(44,33-22-37-23-41(33)4)27-11-8-24(3)38-21-27/h7-17,19,21-23,44H,5-6,18H2,1-4H3. The van der Waals surface area contributed by atoms with Crippen LogP contribution in [0.25, 0.3) is 16.6 Å². The molecule has 220 valence electrons. The molecule has 6 rings (SSSR count). The Kier molecular flexibility index (Phi) is 7.68. The molecule has 9 nitrogen and oxygen atoms in total. The van der Waals surface area contributed by atoms with Gasteiger partial charge >= 0.3 is 0 Å². The van der Waals surface area contributed by atoms with Crippen LogP contribution >= 0.6 is 0 Å². The first kappa shape index (κ1) is 28.8. The van der Waals surface area contributed by atoms with Gasteiger partial charge in [-0.15, -0.1) is 0 Å². The average molecular weight is 583 g/mol. The number of benzene rings is 2. The Hall–Kier alpha value is -5.33. The summed E-state index contributed by atoms with van der Waals surface area (Å²) in [6, 6.07) is 22.0. The van der Waals surface area contributed by atoms with Gasteiger partial charge < -0.3 is 14.6 Å². The van der Waals surface area contributed by atoms with Crippen LogP contribution in [0, 0.1) is 18.3 Å². The number of anilines is 1. The largest absolute Gasteiger partial charge is 0.374 e. The van der Waals surface area contributed by atoms with E-state index in [1.165, 1.54) is 0 Å². The van der Waals surface area contributed by atoms with E-state index in [-0.39, 0.29) is 0 Å². The molecule has 0 aliphatic heterocycles. The molecular formula is C35H34N8O. The topological polar surface area (TPSA) is 109 Å². The zero-order chi connectivity index (χ0) is 30.8. The van der Waals surface area contributed by atoms with Gasteiger partial charge in [-0.05, 0) is 68.3 Å². The smallest absolute Gasteiger partial charge is 0.158 e. The quantitative estimate of drug-likeness (QED) is 0.241. The van der Waals surface area contributed by atoms with E-state index in [4.69, 9.17) is 4.98 Å². The highest BCUT2D eigenvalue weighted by Crippen LogP contribution is 2.39. The third-order valence-electron chi connectivity index (χ3n) is 8.26. The minimum Gasteiger partial charge on any atom is -0.374 e. The Morgan fingerprint density at radius 2 is 1.77 bits per heavy atom. The van der Waals surface area contributed by atoms with Crippen molar-refractivity contribution in [3.8, 4) is 11.8 Å². The molecule has 0 amide bonds. The van der Waals surface area contributed by atoms with Gasteiger partial charge in [0.05, 0.1) is 35.0 Å². The van der Waals surface area contributed by atoms with Crippen molar-refractivity contribution >= 4 is 16.7 Å². The number of nitriles is 1. The van der Waals surface area contributed by atoms with Gasteiger partial charge in [0.2, 0.25) is 0 Å². The number of hydrogen-bond acceptors (Lipinski definition) is 7. The van der Waals surface area contributed by atoms with Crippen molar-refractivity contribution in [1.29, 1.82) is 5.26 Å². The third-order valence-corrected chi connectivity index (χ3v) is 8.26. The molecule has 1 atom stereocenters. The van der Waals surface area contributed by atoms with Gasteiger partial charge in [-0.1, -0.05) is 24.3 Å². The minimum atomic E-state index is -1.56. The number of aliphatic hydroxyl groups is 1. The summed E-state index contributed by atoms with van der Waals surface area (Å²) in [5.41, 5.74) is 5.19. The second kappa shape index (κ2) is 11.7. The van der Waals surface area contributed by atoms with Gasteiger partial charge in [0.1, 0.15) is 11.9 Å². The maximum absolute atomic E-state index is 12.5. The van der Waals surface area contributed by atoms with Crippen molar-refractivity contribution in [3.63, 3.8) is 0 Å². The highest BCUT2D eigenvalue weighted by Gasteiger charge is 2.37. The molecule has 0 saturated carbocycles. The molecule has 0 radical (unpaired) electrons. The number of fused-ring (bicyclic) bond motifs is 1. The van der Waals surface area contributed by atoms with E-state index < -0.39 is 5.60 Å². The fourth-order valence-electron chi connectivity index (χ4n) is 5.84. The van der Waals surface area contributed by atoms with Crippen LogP contribution in [0.3, 0.4) is 0 Å². The summed E-state index contributed by atoms with van der Waals surface area (Å²) in [6.07, 6.45) is 9.20. The highest BCUT2D eigenvalue weighted by atomic mass is 16.3. The zero-order valence-corrected chi connectivity index (χ0v) is 25.3. The van der Waals surface area contributed by atoms with E-state index in [0.717, 1.165) is 41.4 Å². The summed E-state index contributed by atoms with van der Waals surface area (Å²) in [5, 5.41) is 28.2. The second-order valence-corrected chi connectivity index (χ2v) is 10.9. The van der Waals surface area contributed by atoms with Crippen LogP contribution in [0.15, 0.2) is 91.8 Å². The van der Waals surface area contributed by atoms with Gasteiger partial charge in [0, 0.05) is 67.4 Å². The third kappa shape index (κ3) is 4.99. The molecule has 0 spiro atoms. The second-order valence-electron chi connectivity index (χ2n) is 10.9. The average Bonchev–Trinajstić information content (AvgIpc) is 3.74. The summed E-state index contributed by atoms with van der Waals surface area (Å²) in [5.74, 6) is 0.799. The maximum atomic E-state index is 12.5. The molecule has 6 aromatic rings. The lowest BCUT2D eigenvalue weighted by atomic mass is 9.83. The van der Waals surface area contributed by atoms with Crippen LogP contribution in [-0.4, -0.2) is 47.5 Å². The van der Waals surface area contributed by atoms with Crippen LogP contribution in [0.5, 0.6) is 0 Å². The molecule has 1 unspecified atom stereocenters. The first-order valence-electron chi connectivity index (χ1n) is 14.7. The normalized spacial score (nSPS) is 12.6. The number of rotatable bonds is 9. The fourth-order valence-corrected chi connectivity index (χ4v) is 5.84.